The molecule has 1 N–H and O–H groups in total. The van der Waals surface area contributed by atoms with Gasteiger partial charge in [-0.1, -0.05) is 19.8 Å². The largest absolute Gasteiger partial charge is 0.465 e. The summed E-state index contributed by atoms with van der Waals surface area (Å²) in [6.45, 7) is 8.82. The second kappa shape index (κ2) is 7.85. The molecule has 112 valence electrons. The van der Waals surface area contributed by atoms with E-state index >= 15 is 0 Å². The van der Waals surface area contributed by atoms with Crippen LogP contribution in [-0.4, -0.2) is 49.7 Å². The zero-order valence-electron chi connectivity index (χ0n) is 13.0. The Hall–Kier alpha value is -0.610. The summed E-state index contributed by atoms with van der Waals surface area (Å²) < 4.78 is 5.20. The van der Waals surface area contributed by atoms with Crippen molar-refractivity contribution in [2.45, 2.75) is 52.0 Å². The van der Waals surface area contributed by atoms with Crippen LogP contribution in [0, 0.1) is 5.92 Å². The SMILES string of the molecule is CCNC(C)(CN(C)CC1CCCC1)C(=O)OCC. The third-order valence-electron chi connectivity index (χ3n) is 3.92. The van der Waals surface area contributed by atoms with Gasteiger partial charge in [-0.25, -0.2) is 0 Å². The van der Waals surface area contributed by atoms with E-state index in [1.807, 2.05) is 20.8 Å². The van der Waals surface area contributed by atoms with Crippen molar-refractivity contribution < 1.29 is 9.53 Å². The van der Waals surface area contributed by atoms with Crippen molar-refractivity contribution in [3.63, 3.8) is 0 Å². The highest BCUT2D eigenvalue weighted by atomic mass is 16.5. The second-order valence-corrected chi connectivity index (χ2v) is 5.93. The van der Waals surface area contributed by atoms with Crippen LogP contribution in [0.3, 0.4) is 0 Å². The van der Waals surface area contributed by atoms with Crippen molar-refractivity contribution >= 4 is 5.97 Å². The normalized spacial score (nSPS) is 19.6. The van der Waals surface area contributed by atoms with Crippen molar-refractivity contribution in [3.8, 4) is 0 Å². The van der Waals surface area contributed by atoms with Gasteiger partial charge < -0.3 is 15.0 Å². The van der Waals surface area contributed by atoms with Crippen molar-refractivity contribution in [1.29, 1.82) is 0 Å². The minimum absolute atomic E-state index is 0.143. The number of hydrogen-bond acceptors (Lipinski definition) is 4. The molecule has 1 aliphatic carbocycles. The van der Waals surface area contributed by atoms with Crippen LogP contribution < -0.4 is 5.32 Å². The molecular formula is C15H30N2O2. The number of rotatable bonds is 8. The van der Waals surface area contributed by atoms with Crippen LogP contribution in [0.1, 0.15) is 46.5 Å². The average molecular weight is 270 g/mol. The van der Waals surface area contributed by atoms with Crippen LogP contribution >= 0.6 is 0 Å². The molecule has 0 amide bonds. The van der Waals surface area contributed by atoms with Crippen LogP contribution in [0.25, 0.3) is 0 Å². The van der Waals surface area contributed by atoms with Crippen LogP contribution in [0.5, 0.6) is 0 Å². The van der Waals surface area contributed by atoms with Crippen LogP contribution in [0.4, 0.5) is 0 Å². The van der Waals surface area contributed by atoms with Crippen molar-refractivity contribution in [2.24, 2.45) is 5.92 Å². The van der Waals surface area contributed by atoms with Gasteiger partial charge in [-0.3, -0.25) is 4.79 Å². The van der Waals surface area contributed by atoms with Crippen LogP contribution in [0.15, 0.2) is 0 Å². The molecule has 0 spiro atoms. The molecule has 1 fully saturated rings. The van der Waals surface area contributed by atoms with Gasteiger partial charge in [0.2, 0.25) is 0 Å². The molecule has 0 heterocycles. The van der Waals surface area contributed by atoms with E-state index in [0.29, 0.717) is 13.2 Å². The van der Waals surface area contributed by atoms with E-state index in [1.54, 1.807) is 0 Å². The van der Waals surface area contributed by atoms with E-state index in [-0.39, 0.29) is 5.97 Å². The van der Waals surface area contributed by atoms with Crippen LogP contribution in [0.2, 0.25) is 0 Å². The maximum Gasteiger partial charge on any atom is 0.327 e. The van der Waals surface area contributed by atoms with Gasteiger partial charge in [0.15, 0.2) is 0 Å². The van der Waals surface area contributed by atoms with E-state index in [9.17, 15) is 4.79 Å². The molecule has 0 saturated heterocycles. The Kier molecular flexibility index (Phi) is 6.80. The Morgan fingerprint density at radius 2 is 2.00 bits per heavy atom. The molecule has 4 heteroatoms. The molecule has 1 saturated carbocycles. The van der Waals surface area contributed by atoms with E-state index in [4.69, 9.17) is 4.74 Å². The molecule has 0 aliphatic heterocycles. The van der Waals surface area contributed by atoms with Gasteiger partial charge in [-0.2, -0.15) is 0 Å². The van der Waals surface area contributed by atoms with Gasteiger partial charge in [0.1, 0.15) is 5.54 Å². The van der Waals surface area contributed by atoms with E-state index in [1.165, 1.54) is 25.7 Å². The quantitative estimate of drug-likeness (QED) is 0.685. The van der Waals surface area contributed by atoms with Crippen LogP contribution in [-0.2, 0) is 9.53 Å². The molecule has 4 nitrogen and oxygen atoms in total. The molecule has 0 bridgehead atoms. The van der Waals surface area contributed by atoms with Gasteiger partial charge in [-0.15, -0.1) is 0 Å². The summed E-state index contributed by atoms with van der Waals surface area (Å²) in [5.74, 6) is 0.660. The van der Waals surface area contributed by atoms with Gasteiger partial charge in [-0.05, 0) is 46.2 Å². The monoisotopic (exact) mass is 270 g/mol. The Balaban J connectivity index is 2.52. The van der Waals surface area contributed by atoms with Gasteiger partial charge in [0.05, 0.1) is 6.61 Å². The Morgan fingerprint density at radius 3 is 2.53 bits per heavy atom. The summed E-state index contributed by atoms with van der Waals surface area (Å²) in [6, 6.07) is 0. The number of likely N-dealkylation sites (N-methyl/N-ethyl adjacent to an activating group) is 2. The highest BCUT2D eigenvalue weighted by Gasteiger charge is 2.35. The fourth-order valence-corrected chi connectivity index (χ4v) is 3.11. The molecule has 1 atom stereocenters. The first-order valence-corrected chi connectivity index (χ1v) is 7.62. The summed E-state index contributed by atoms with van der Waals surface area (Å²) in [5.41, 5.74) is -0.599. The summed E-state index contributed by atoms with van der Waals surface area (Å²) in [4.78, 5) is 14.4. The van der Waals surface area contributed by atoms with Gasteiger partial charge in [0, 0.05) is 13.1 Å². The Bertz CT molecular complexity index is 277. The Labute approximate surface area is 117 Å². The summed E-state index contributed by atoms with van der Waals surface area (Å²) in [6.07, 6.45) is 5.39. The zero-order valence-corrected chi connectivity index (χ0v) is 13.0. The molecule has 1 unspecified atom stereocenters. The lowest BCUT2D eigenvalue weighted by Gasteiger charge is -2.33. The van der Waals surface area contributed by atoms with E-state index in [0.717, 1.165) is 19.0 Å². The molecule has 0 aromatic carbocycles. The van der Waals surface area contributed by atoms with Gasteiger partial charge >= 0.3 is 5.97 Å². The molecule has 1 aliphatic rings. The lowest BCUT2D eigenvalue weighted by molar-refractivity contribution is -0.151. The first-order chi connectivity index (χ1) is 9.01. The fraction of sp³-hybridized carbons (Fsp3) is 0.933. The second-order valence-electron chi connectivity index (χ2n) is 5.93. The molecule has 0 radical (unpaired) electrons. The van der Waals surface area contributed by atoms with E-state index in [2.05, 4.69) is 17.3 Å². The highest BCUT2D eigenvalue weighted by molar-refractivity contribution is 5.80. The van der Waals surface area contributed by atoms with E-state index < -0.39 is 5.54 Å². The molecule has 0 aromatic rings. The fourth-order valence-electron chi connectivity index (χ4n) is 3.11. The standard InChI is InChI=1S/C15H30N2O2/c1-5-16-15(3,14(18)19-6-2)12-17(4)11-13-9-7-8-10-13/h13,16H,5-12H2,1-4H3. The average Bonchev–Trinajstić information content (AvgIpc) is 2.82. The van der Waals surface area contributed by atoms with Gasteiger partial charge in [0.25, 0.3) is 0 Å². The minimum atomic E-state index is -0.599. The maximum absolute atomic E-state index is 12.1. The maximum atomic E-state index is 12.1. The zero-order chi connectivity index (χ0) is 14.3. The number of ether oxygens (including phenoxy) is 1. The molecule has 0 aromatic heterocycles. The predicted octanol–water partition coefficient (Wildman–Crippen LogP) is 2.04. The lowest BCUT2D eigenvalue weighted by atomic mass is 10.0. The summed E-state index contributed by atoms with van der Waals surface area (Å²) >= 11 is 0. The smallest absolute Gasteiger partial charge is 0.327 e. The van der Waals surface area contributed by atoms with Crippen molar-refractivity contribution in [2.75, 3.05) is 33.3 Å². The molecule has 1 rings (SSSR count). The number of hydrogen-bond donors (Lipinski definition) is 1. The van der Waals surface area contributed by atoms with Crippen molar-refractivity contribution in [3.05, 3.63) is 0 Å². The Morgan fingerprint density at radius 1 is 1.37 bits per heavy atom. The number of nitrogens with zero attached hydrogens (tertiary/aromatic N) is 1. The lowest BCUT2D eigenvalue weighted by Crippen LogP contribution is -2.57. The molecule has 19 heavy (non-hydrogen) atoms. The summed E-state index contributed by atoms with van der Waals surface area (Å²) in [5, 5.41) is 3.28. The first kappa shape index (κ1) is 16.4. The number of nitrogens with one attached hydrogen (secondary N) is 1. The minimum Gasteiger partial charge on any atom is -0.465 e. The third-order valence-corrected chi connectivity index (χ3v) is 3.92. The molecular weight excluding hydrogens is 240 g/mol. The topological polar surface area (TPSA) is 41.6 Å². The number of carbonyl (C=O) groups excluding carboxylic acids is 1. The number of carbonyl (C=O) groups is 1. The highest BCUT2D eigenvalue weighted by Crippen LogP contribution is 2.25. The van der Waals surface area contributed by atoms with Crippen molar-refractivity contribution in [1.82, 2.24) is 10.2 Å². The number of esters is 1. The first-order valence-electron chi connectivity index (χ1n) is 7.62. The predicted molar refractivity (Wildman–Crippen MR) is 78.2 cm³/mol. The third kappa shape index (κ3) is 5.11. The summed E-state index contributed by atoms with van der Waals surface area (Å²) in [7, 11) is 2.10.